The number of methoxy groups -OCH3 is 1. The van der Waals surface area contributed by atoms with Crippen molar-refractivity contribution in [1.82, 2.24) is 4.90 Å². The number of ether oxygens (including phenoxy) is 2. The first-order valence-corrected chi connectivity index (χ1v) is 8.75. The quantitative estimate of drug-likeness (QED) is 0.732. The summed E-state index contributed by atoms with van der Waals surface area (Å²) >= 11 is 0. The number of halogens is 1. The Hall–Kier alpha value is -1.47. The maximum Gasteiger partial charge on any atom is 0.237 e. The van der Waals surface area contributed by atoms with Crippen LogP contribution in [0.3, 0.4) is 0 Å². The number of carbonyl (C=O) groups excluding carboxylic acids is 1. The van der Waals surface area contributed by atoms with Gasteiger partial charge in [-0.05, 0) is 24.3 Å². The molecule has 1 aromatic carbocycles. The van der Waals surface area contributed by atoms with Crippen molar-refractivity contribution in [2.45, 2.75) is 11.7 Å². The summed E-state index contributed by atoms with van der Waals surface area (Å²) in [5.74, 6) is 1.17. The number of rotatable bonds is 6. The SMILES string of the molecule is COc1ccc(OCCN2CC(S(=O)(=O)Cl)CC2=O)cc1. The van der Waals surface area contributed by atoms with Gasteiger partial charge in [-0.2, -0.15) is 0 Å². The topological polar surface area (TPSA) is 72.9 Å². The second-order valence-corrected chi connectivity index (χ2v) is 7.57. The highest BCUT2D eigenvalue weighted by molar-refractivity contribution is 8.14. The number of hydrogen-bond donors (Lipinski definition) is 0. The minimum Gasteiger partial charge on any atom is -0.497 e. The molecule has 1 amide bonds. The van der Waals surface area contributed by atoms with Crippen LogP contribution in [0, 0.1) is 0 Å². The number of likely N-dealkylation sites (tertiary alicyclic amines) is 1. The lowest BCUT2D eigenvalue weighted by molar-refractivity contribution is -0.128. The third kappa shape index (κ3) is 4.25. The van der Waals surface area contributed by atoms with Crippen molar-refractivity contribution in [3.8, 4) is 11.5 Å². The normalized spacial score (nSPS) is 18.9. The molecule has 1 unspecified atom stereocenters. The van der Waals surface area contributed by atoms with Crippen LogP contribution >= 0.6 is 10.7 Å². The van der Waals surface area contributed by atoms with Gasteiger partial charge in [-0.3, -0.25) is 4.79 Å². The molecule has 0 bridgehead atoms. The van der Waals surface area contributed by atoms with Crippen molar-refractivity contribution < 1.29 is 22.7 Å². The summed E-state index contributed by atoms with van der Waals surface area (Å²) in [5.41, 5.74) is 0. The standard InChI is InChI=1S/C13H16ClNO5S/c1-19-10-2-4-11(5-3-10)20-7-6-15-9-12(8-13(15)16)21(14,17)18/h2-5,12H,6-9H2,1H3. The maximum atomic E-state index is 11.7. The molecule has 8 heteroatoms. The summed E-state index contributed by atoms with van der Waals surface area (Å²) in [6.45, 7) is 0.734. The summed E-state index contributed by atoms with van der Waals surface area (Å²) in [6, 6.07) is 7.06. The van der Waals surface area contributed by atoms with Crippen molar-refractivity contribution >= 4 is 25.6 Å². The zero-order chi connectivity index (χ0) is 15.5. The Labute approximate surface area is 128 Å². The summed E-state index contributed by atoms with van der Waals surface area (Å²) in [7, 11) is 3.16. The lowest BCUT2D eigenvalue weighted by Crippen LogP contribution is -2.31. The number of nitrogens with zero attached hydrogens (tertiary/aromatic N) is 1. The lowest BCUT2D eigenvalue weighted by Gasteiger charge is -2.16. The van der Waals surface area contributed by atoms with Gasteiger partial charge >= 0.3 is 0 Å². The molecule has 1 fully saturated rings. The van der Waals surface area contributed by atoms with Crippen molar-refractivity contribution in [2.24, 2.45) is 0 Å². The monoisotopic (exact) mass is 333 g/mol. The van der Waals surface area contributed by atoms with Gasteiger partial charge in [0.2, 0.25) is 15.0 Å². The molecule has 2 rings (SSSR count). The van der Waals surface area contributed by atoms with E-state index in [0.717, 1.165) is 5.75 Å². The Balaban J connectivity index is 1.82. The molecular formula is C13H16ClNO5S. The first-order valence-electron chi connectivity index (χ1n) is 6.38. The third-order valence-corrected chi connectivity index (χ3v) is 5.13. The Bertz CT molecular complexity index is 601. The van der Waals surface area contributed by atoms with E-state index in [1.807, 2.05) is 0 Å². The zero-order valence-electron chi connectivity index (χ0n) is 11.5. The predicted octanol–water partition coefficient (Wildman–Crippen LogP) is 1.24. The summed E-state index contributed by atoms with van der Waals surface area (Å²) < 4.78 is 33.0. The average molecular weight is 334 g/mol. The minimum atomic E-state index is -3.70. The molecule has 1 aromatic rings. The number of benzene rings is 1. The third-order valence-electron chi connectivity index (χ3n) is 3.27. The van der Waals surface area contributed by atoms with Crippen molar-refractivity contribution in [2.75, 3.05) is 26.8 Å². The zero-order valence-corrected chi connectivity index (χ0v) is 13.1. The van der Waals surface area contributed by atoms with Gasteiger partial charge in [-0.1, -0.05) is 0 Å². The highest BCUT2D eigenvalue weighted by Crippen LogP contribution is 2.21. The van der Waals surface area contributed by atoms with Crippen molar-refractivity contribution in [1.29, 1.82) is 0 Å². The molecule has 21 heavy (non-hydrogen) atoms. The van der Waals surface area contributed by atoms with Crippen LogP contribution in [-0.4, -0.2) is 51.3 Å². The first-order chi connectivity index (χ1) is 9.90. The Morgan fingerprint density at radius 2 is 1.90 bits per heavy atom. The van der Waals surface area contributed by atoms with E-state index in [-0.39, 0.29) is 25.5 Å². The molecule has 0 N–H and O–H groups in total. The fourth-order valence-corrected chi connectivity index (χ4v) is 3.14. The van der Waals surface area contributed by atoms with Crippen LogP contribution in [0.5, 0.6) is 11.5 Å². The van der Waals surface area contributed by atoms with E-state index in [9.17, 15) is 13.2 Å². The van der Waals surface area contributed by atoms with Crippen LogP contribution in [0.25, 0.3) is 0 Å². The molecule has 1 heterocycles. The van der Waals surface area contributed by atoms with Crippen LogP contribution in [0.2, 0.25) is 0 Å². The van der Waals surface area contributed by atoms with Crippen LogP contribution in [0.1, 0.15) is 6.42 Å². The van der Waals surface area contributed by atoms with Gasteiger partial charge in [-0.25, -0.2) is 8.42 Å². The average Bonchev–Trinajstić information content (AvgIpc) is 2.81. The molecule has 1 aliphatic heterocycles. The first kappa shape index (κ1) is 15.9. The van der Waals surface area contributed by atoms with Crippen LogP contribution < -0.4 is 9.47 Å². The van der Waals surface area contributed by atoms with Gasteiger partial charge in [0, 0.05) is 23.6 Å². The predicted molar refractivity (Wildman–Crippen MR) is 78.2 cm³/mol. The minimum absolute atomic E-state index is 0.0611. The summed E-state index contributed by atoms with van der Waals surface area (Å²) in [5, 5.41) is -0.826. The van der Waals surface area contributed by atoms with E-state index < -0.39 is 14.3 Å². The van der Waals surface area contributed by atoms with Crippen LogP contribution in [-0.2, 0) is 13.8 Å². The second kappa shape index (κ2) is 6.53. The van der Waals surface area contributed by atoms with Crippen LogP contribution in [0.4, 0.5) is 0 Å². The Morgan fingerprint density at radius 1 is 1.29 bits per heavy atom. The second-order valence-electron chi connectivity index (χ2n) is 4.67. The molecule has 1 aliphatic rings. The van der Waals surface area contributed by atoms with E-state index in [0.29, 0.717) is 12.3 Å². The van der Waals surface area contributed by atoms with E-state index in [2.05, 4.69) is 0 Å². The molecule has 0 aliphatic carbocycles. The van der Waals surface area contributed by atoms with E-state index in [1.54, 1.807) is 31.4 Å². The number of amides is 1. The molecule has 0 saturated carbocycles. The largest absolute Gasteiger partial charge is 0.497 e. The smallest absolute Gasteiger partial charge is 0.237 e. The van der Waals surface area contributed by atoms with Gasteiger partial charge in [-0.15, -0.1) is 0 Å². The molecular weight excluding hydrogens is 318 g/mol. The summed E-state index contributed by atoms with van der Waals surface area (Å²) in [6.07, 6.45) is -0.0611. The molecule has 116 valence electrons. The molecule has 0 spiro atoms. The van der Waals surface area contributed by atoms with Gasteiger partial charge in [0.05, 0.1) is 13.7 Å². The lowest BCUT2D eigenvalue weighted by atomic mass is 10.3. The maximum absolute atomic E-state index is 11.7. The summed E-state index contributed by atoms with van der Waals surface area (Å²) in [4.78, 5) is 13.1. The Morgan fingerprint density at radius 3 is 2.43 bits per heavy atom. The van der Waals surface area contributed by atoms with E-state index in [4.69, 9.17) is 20.2 Å². The van der Waals surface area contributed by atoms with Crippen molar-refractivity contribution in [3.63, 3.8) is 0 Å². The fraction of sp³-hybridized carbons (Fsp3) is 0.462. The fourth-order valence-electron chi connectivity index (χ4n) is 2.09. The van der Waals surface area contributed by atoms with Gasteiger partial charge in [0.25, 0.3) is 0 Å². The molecule has 0 radical (unpaired) electrons. The Kier molecular flexibility index (Phi) is 4.95. The molecule has 0 aromatic heterocycles. The van der Waals surface area contributed by atoms with E-state index >= 15 is 0 Å². The van der Waals surface area contributed by atoms with Gasteiger partial charge in [0.1, 0.15) is 23.4 Å². The molecule has 6 nitrogen and oxygen atoms in total. The number of carbonyl (C=O) groups is 1. The van der Waals surface area contributed by atoms with Crippen LogP contribution in [0.15, 0.2) is 24.3 Å². The van der Waals surface area contributed by atoms with Crippen molar-refractivity contribution in [3.05, 3.63) is 24.3 Å². The highest BCUT2D eigenvalue weighted by Gasteiger charge is 2.36. The number of hydrogen-bond acceptors (Lipinski definition) is 5. The van der Waals surface area contributed by atoms with Gasteiger partial charge in [0.15, 0.2) is 0 Å². The molecule has 1 saturated heterocycles. The van der Waals surface area contributed by atoms with E-state index in [1.165, 1.54) is 4.90 Å². The highest BCUT2D eigenvalue weighted by atomic mass is 35.7. The molecule has 1 atom stereocenters. The van der Waals surface area contributed by atoms with Gasteiger partial charge < -0.3 is 14.4 Å².